The predicted molar refractivity (Wildman–Crippen MR) is 129 cm³/mol. The van der Waals surface area contributed by atoms with Crippen molar-refractivity contribution in [1.29, 1.82) is 0 Å². The van der Waals surface area contributed by atoms with Gasteiger partial charge in [-0.15, -0.1) is 23.1 Å². The van der Waals surface area contributed by atoms with Gasteiger partial charge in [-0.1, -0.05) is 11.6 Å². The van der Waals surface area contributed by atoms with Gasteiger partial charge in [0.05, 0.1) is 16.1 Å². The average Bonchev–Trinajstić information content (AvgIpc) is 3.06. The summed E-state index contributed by atoms with van der Waals surface area (Å²) >= 11 is 3.08. The Morgan fingerprint density at radius 2 is 1.90 bits per heavy atom. The molecule has 0 atom stereocenters. The van der Waals surface area contributed by atoms with Crippen LogP contribution < -0.4 is 11.1 Å². The second-order valence-corrected chi connectivity index (χ2v) is 10.4. The molecule has 1 aromatic carbocycles. The van der Waals surface area contributed by atoms with Crippen LogP contribution in [0.1, 0.15) is 56.8 Å². The van der Waals surface area contributed by atoms with Gasteiger partial charge in [0.15, 0.2) is 0 Å². The Balaban J connectivity index is 1.42. The van der Waals surface area contributed by atoms with Gasteiger partial charge in [0.1, 0.15) is 5.00 Å². The number of hydrogen-bond acceptors (Lipinski definition) is 5. The van der Waals surface area contributed by atoms with E-state index >= 15 is 0 Å². The van der Waals surface area contributed by atoms with Crippen LogP contribution in [0.5, 0.6) is 0 Å². The second-order valence-electron chi connectivity index (χ2n) is 8.18. The number of benzene rings is 1. The van der Waals surface area contributed by atoms with Gasteiger partial charge in [-0.3, -0.25) is 9.59 Å². The fourth-order valence-corrected chi connectivity index (χ4v) is 6.46. The Morgan fingerprint density at radius 1 is 1.13 bits per heavy atom. The molecule has 0 saturated carbocycles. The number of hydrogen-bond donors (Lipinski definition) is 2. The lowest BCUT2D eigenvalue weighted by Crippen LogP contribution is -2.18. The Morgan fingerprint density at radius 3 is 2.68 bits per heavy atom. The van der Waals surface area contributed by atoms with E-state index in [0.717, 1.165) is 41.8 Å². The molecular weight excluding hydrogens is 426 g/mol. The van der Waals surface area contributed by atoms with Crippen molar-refractivity contribution in [2.24, 2.45) is 5.73 Å². The zero-order valence-corrected chi connectivity index (χ0v) is 19.8. The number of thioether (sulfide) groups is 1. The molecule has 0 fully saturated rings. The fourth-order valence-electron chi connectivity index (χ4n) is 4.24. The van der Waals surface area contributed by atoms with E-state index in [1.54, 1.807) is 11.8 Å². The third-order valence-corrected chi connectivity index (χ3v) is 7.80. The molecule has 2 amide bonds. The molecule has 3 aromatic rings. The first kappa shape index (κ1) is 21.8. The van der Waals surface area contributed by atoms with Gasteiger partial charge < -0.3 is 11.1 Å². The van der Waals surface area contributed by atoms with E-state index in [2.05, 4.69) is 44.3 Å². The summed E-state index contributed by atoms with van der Waals surface area (Å²) in [6.45, 7) is 6.28. The summed E-state index contributed by atoms with van der Waals surface area (Å²) in [6.07, 6.45) is 4.34. The van der Waals surface area contributed by atoms with Crippen molar-refractivity contribution < 1.29 is 9.59 Å². The summed E-state index contributed by atoms with van der Waals surface area (Å²) < 4.78 is 0. The largest absolute Gasteiger partial charge is 0.365 e. The summed E-state index contributed by atoms with van der Waals surface area (Å²) in [5, 5.41) is 5.65. The van der Waals surface area contributed by atoms with Crippen molar-refractivity contribution in [3.63, 3.8) is 0 Å². The number of carbonyl (C=O) groups is 2. The molecule has 2 heterocycles. The minimum absolute atomic E-state index is 0.0992. The quantitative estimate of drug-likeness (QED) is 0.495. The monoisotopic (exact) mass is 453 g/mol. The Bertz CT molecular complexity index is 1180. The van der Waals surface area contributed by atoms with Crippen LogP contribution in [0.15, 0.2) is 23.2 Å². The molecule has 1 aliphatic carbocycles. The molecule has 4 rings (SSSR count). The molecule has 2 aromatic heterocycles. The highest BCUT2D eigenvalue weighted by molar-refractivity contribution is 7.99. The van der Waals surface area contributed by atoms with Crippen LogP contribution in [-0.2, 0) is 17.6 Å². The highest BCUT2D eigenvalue weighted by Crippen LogP contribution is 2.38. The van der Waals surface area contributed by atoms with Crippen LogP contribution in [0.4, 0.5) is 5.00 Å². The van der Waals surface area contributed by atoms with E-state index in [1.807, 2.05) is 0 Å². The number of nitrogens with two attached hydrogens (primary N) is 1. The van der Waals surface area contributed by atoms with Gasteiger partial charge in [-0.25, -0.2) is 4.98 Å². The lowest BCUT2D eigenvalue weighted by molar-refractivity contribution is -0.115. The number of thiophene rings is 1. The minimum atomic E-state index is -0.453. The van der Waals surface area contributed by atoms with Crippen molar-refractivity contribution in [3.05, 3.63) is 50.9 Å². The highest BCUT2D eigenvalue weighted by atomic mass is 32.2. The maximum Gasteiger partial charge on any atom is 0.251 e. The van der Waals surface area contributed by atoms with Crippen LogP contribution >= 0.6 is 23.1 Å². The Labute approximate surface area is 190 Å². The van der Waals surface area contributed by atoms with E-state index in [1.165, 1.54) is 38.3 Å². The van der Waals surface area contributed by atoms with Crippen molar-refractivity contribution in [3.8, 4) is 0 Å². The molecule has 0 aliphatic heterocycles. The summed E-state index contributed by atoms with van der Waals surface area (Å²) in [6, 6.07) is 6.40. The third kappa shape index (κ3) is 4.62. The number of aryl methyl sites for hydroxylation is 4. The van der Waals surface area contributed by atoms with E-state index in [-0.39, 0.29) is 5.91 Å². The summed E-state index contributed by atoms with van der Waals surface area (Å²) in [7, 11) is 0. The van der Waals surface area contributed by atoms with Crippen molar-refractivity contribution in [1.82, 2.24) is 4.98 Å². The number of primary amides is 1. The topological polar surface area (TPSA) is 85.1 Å². The van der Waals surface area contributed by atoms with E-state index < -0.39 is 5.91 Å². The minimum Gasteiger partial charge on any atom is -0.365 e. The number of anilines is 1. The van der Waals surface area contributed by atoms with Crippen LogP contribution in [0, 0.1) is 20.8 Å². The van der Waals surface area contributed by atoms with Gasteiger partial charge in [-0.2, -0.15) is 0 Å². The molecule has 162 valence electrons. The molecule has 0 bridgehead atoms. The molecule has 0 saturated heterocycles. The van der Waals surface area contributed by atoms with Crippen molar-refractivity contribution >= 4 is 50.8 Å². The van der Waals surface area contributed by atoms with Crippen LogP contribution in [-0.4, -0.2) is 22.6 Å². The molecule has 31 heavy (non-hydrogen) atoms. The number of nitrogens with zero attached hydrogens (tertiary/aromatic N) is 1. The summed E-state index contributed by atoms with van der Waals surface area (Å²) in [4.78, 5) is 30.6. The molecular formula is C24H27N3O2S2. The molecule has 3 N–H and O–H groups in total. The lowest BCUT2D eigenvalue weighted by atomic mass is 9.95. The normalized spacial score (nSPS) is 13.3. The van der Waals surface area contributed by atoms with E-state index in [4.69, 9.17) is 10.7 Å². The fraction of sp³-hybridized carbons (Fsp3) is 0.375. The van der Waals surface area contributed by atoms with Crippen molar-refractivity contribution in [2.45, 2.75) is 57.9 Å². The summed E-state index contributed by atoms with van der Waals surface area (Å²) in [5.41, 5.74) is 11.8. The first-order valence-corrected chi connectivity index (χ1v) is 12.4. The number of fused-ring (bicyclic) bond motifs is 2. The molecule has 0 radical (unpaired) electrons. The molecule has 0 unspecified atom stereocenters. The van der Waals surface area contributed by atoms with E-state index in [9.17, 15) is 9.59 Å². The van der Waals surface area contributed by atoms with Gasteiger partial charge in [0.25, 0.3) is 5.91 Å². The SMILES string of the molecule is Cc1cc(C)c2nc(SCCC(=O)Nc3sc4c(c3C(N)=O)CCCC4)cc(C)c2c1. The van der Waals surface area contributed by atoms with Gasteiger partial charge in [0.2, 0.25) is 5.91 Å². The first-order chi connectivity index (χ1) is 14.8. The predicted octanol–water partition coefficient (Wildman–Crippen LogP) is 5.32. The molecule has 7 heteroatoms. The number of amides is 2. The lowest BCUT2D eigenvalue weighted by Gasteiger charge is -2.11. The number of carbonyl (C=O) groups excluding carboxylic acids is 2. The van der Waals surface area contributed by atoms with Crippen LogP contribution in [0.3, 0.4) is 0 Å². The molecule has 1 aliphatic rings. The molecule has 0 spiro atoms. The Kier molecular flexibility index (Phi) is 6.34. The smallest absolute Gasteiger partial charge is 0.251 e. The highest BCUT2D eigenvalue weighted by Gasteiger charge is 2.24. The number of pyridine rings is 1. The average molecular weight is 454 g/mol. The van der Waals surface area contributed by atoms with Crippen LogP contribution in [0.25, 0.3) is 10.9 Å². The second kappa shape index (κ2) is 9.01. The molecule has 5 nitrogen and oxygen atoms in total. The number of nitrogens with one attached hydrogen (secondary N) is 1. The van der Waals surface area contributed by atoms with E-state index in [0.29, 0.717) is 22.7 Å². The maximum absolute atomic E-state index is 12.6. The zero-order chi connectivity index (χ0) is 22.1. The van der Waals surface area contributed by atoms with Crippen molar-refractivity contribution in [2.75, 3.05) is 11.1 Å². The van der Waals surface area contributed by atoms with Gasteiger partial charge in [0, 0.05) is 22.4 Å². The Hall–Kier alpha value is -2.38. The zero-order valence-electron chi connectivity index (χ0n) is 18.1. The van der Waals surface area contributed by atoms with Gasteiger partial charge in [-0.05, 0) is 75.3 Å². The third-order valence-electron chi connectivity index (χ3n) is 5.68. The summed E-state index contributed by atoms with van der Waals surface area (Å²) in [5.74, 6) is 0.0644. The van der Waals surface area contributed by atoms with Crippen LogP contribution in [0.2, 0.25) is 0 Å². The maximum atomic E-state index is 12.6. The first-order valence-electron chi connectivity index (χ1n) is 10.6. The standard InChI is InChI=1S/C24H27N3O2S2/c1-13-10-15(3)22-17(11-13)14(2)12-20(27-22)30-9-8-19(28)26-24-21(23(25)29)16-6-4-5-7-18(16)31-24/h10-12H,4-9H2,1-3H3,(H2,25,29)(H,26,28). The number of rotatable bonds is 6. The van der Waals surface area contributed by atoms with Gasteiger partial charge >= 0.3 is 0 Å². The number of aromatic nitrogens is 1.